The molecular formula is C17H11Cl2NO2. The monoisotopic (exact) mass is 331 g/mol. The molecule has 3 nitrogen and oxygen atoms in total. The van der Waals surface area contributed by atoms with Gasteiger partial charge in [0.25, 0.3) is 5.91 Å². The van der Waals surface area contributed by atoms with Crippen molar-refractivity contribution in [1.29, 1.82) is 0 Å². The first-order valence-corrected chi connectivity index (χ1v) is 7.35. The first-order valence-electron chi connectivity index (χ1n) is 6.60. The van der Waals surface area contributed by atoms with Crippen molar-refractivity contribution in [3.8, 4) is 0 Å². The normalized spacial score (nSPS) is 14.9. The Hall–Kier alpha value is -2.10. The molecule has 0 saturated heterocycles. The Bertz CT molecular complexity index is 823. The molecule has 0 spiro atoms. The maximum Gasteiger partial charge on any atom is 0.256 e. The third-order valence-corrected chi connectivity index (χ3v) is 4.10. The highest BCUT2D eigenvalue weighted by Crippen LogP contribution is 2.41. The van der Waals surface area contributed by atoms with E-state index in [1.165, 1.54) is 6.08 Å². The Morgan fingerprint density at radius 1 is 1.05 bits per heavy atom. The molecule has 0 aromatic heterocycles. The van der Waals surface area contributed by atoms with Gasteiger partial charge in [0.05, 0.1) is 21.3 Å². The molecular weight excluding hydrogens is 321 g/mol. The van der Waals surface area contributed by atoms with E-state index in [-0.39, 0.29) is 17.3 Å². The van der Waals surface area contributed by atoms with Gasteiger partial charge in [-0.15, -0.1) is 0 Å². The van der Waals surface area contributed by atoms with Crippen molar-refractivity contribution in [1.82, 2.24) is 0 Å². The van der Waals surface area contributed by atoms with Gasteiger partial charge in [0, 0.05) is 11.1 Å². The number of benzene rings is 2. The molecule has 22 heavy (non-hydrogen) atoms. The minimum atomic E-state index is -0.384. The molecule has 2 aromatic rings. The van der Waals surface area contributed by atoms with Gasteiger partial charge in [0.1, 0.15) is 0 Å². The average molecular weight is 332 g/mol. The van der Waals surface area contributed by atoms with E-state index in [1.54, 1.807) is 24.3 Å². The van der Waals surface area contributed by atoms with Gasteiger partial charge < -0.3 is 5.32 Å². The summed E-state index contributed by atoms with van der Waals surface area (Å²) in [6.45, 7) is 1.94. The van der Waals surface area contributed by atoms with Gasteiger partial charge in [-0.2, -0.15) is 0 Å². The number of carbonyl (C=O) groups excluding carboxylic acids is 2. The smallest absolute Gasteiger partial charge is 0.256 e. The highest BCUT2D eigenvalue weighted by Gasteiger charge is 2.29. The van der Waals surface area contributed by atoms with Crippen molar-refractivity contribution in [3.63, 3.8) is 0 Å². The number of carbonyl (C=O) groups is 2. The average Bonchev–Trinajstić information content (AvgIpc) is 2.82. The Balaban J connectivity index is 2.06. The van der Waals surface area contributed by atoms with Crippen LogP contribution in [0.1, 0.15) is 21.5 Å². The number of nitrogens with one attached hydrogen (secondary N) is 1. The highest BCUT2D eigenvalue weighted by atomic mass is 35.5. The summed E-state index contributed by atoms with van der Waals surface area (Å²) in [5, 5.41) is 3.41. The quantitative estimate of drug-likeness (QED) is 0.649. The van der Waals surface area contributed by atoms with Crippen LogP contribution in [0.25, 0.3) is 5.57 Å². The zero-order valence-corrected chi connectivity index (χ0v) is 13.1. The SMILES string of the molecule is Cc1ccc(C(=O)/C=C2\C(=O)Nc3c(Cl)ccc(Cl)c32)cc1. The number of hydrogen-bond donors (Lipinski definition) is 1. The van der Waals surface area contributed by atoms with E-state index in [2.05, 4.69) is 5.32 Å². The van der Waals surface area contributed by atoms with Crippen LogP contribution in [-0.2, 0) is 4.79 Å². The standard InChI is InChI=1S/C17H11Cl2NO2/c1-9-2-4-10(5-3-9)14(21)8-11-15-12(18)6-7-13(19)16(15)20-17(11)22/h2-8H,1H3,(H,20,22)/b11-8-. The molecule has 0 saturated carbocycles. The highest BCUT2D eigenvalue weighted by molar-refractivity contribution is 6.45. The van der Waals surface area contributed by atoms with Crippen LogP contribution in [0.4, 0.5) is 5.69 Å². The van der Waals surface area contributed by atoms with Crippen molar-refractivity contribution in [2.24, 2.45) is 0 Å². The van der Waals surface area contributed by atoms with E-state index in [0.717, 1.165) is 5.56 Å². The van der Waals surface area contributed by atoms with Crippen LogP contribution in [0, 0.1) is 6.92 Å². The van der Waals surface area contributed by atoms with Crippen LogP contribution in [0.3, 0.4) is 0 Å². The topological polar surface area (TPSA) is 46.2 Å². The summed E-state index contributed by atoms with van der Waals surface area (Å²) < 4.78 is 0. The van der Waals surface area contributed by atoms with Crippen molar-refractivity contribution >= 4 is 46.2 Å². The number of anilines is 1. The number of allylic oxidation sites excluding steroid dienone is 1. The second-order valence-corrected chi connectivity index (χ2v) is 5.84. The molecule has 0 bridgehead atoms. The van der Waals surface area contributed by atoms with Crippen molar-refractivity contribution < 1.29 is 9.59 Å². The number of hydrogen-bond acceptors (Lipinski definition) is 2. The lowest BCUT2D eigenvalue weighted by molar-refractivity contribution is -0.110. The van der Waals surface area contributed by atoms with Crippen molar-refractivity contribution in [2.75, 3.05) is 5.32 Å². The predicted molar refractivity (Wildman–Crippen MR) is 88.6 cm³/mol. The molecule has 0 atom stereocenters. The predicted octanol–water partition coefficient (Wildman–Crippen LogP) is 4.52. The number of aryl methyl sites for hydroxylation is 1. The van der Waals surface area contributed by atoms with Gasteiger partial charge in [-0.05, 0) is 25.1 Å². The fraction of sp³-hybridized carbons (Fsp3) is 0.0588. The summed E-state index contributed by atoms with van der Waals surface area (Å²) in [5.74, 6) is -0.639. The lowest BCUT2D eigenvalue weighted by Gasteiger charge is -2.03. The zero-order valence-electron chi connectivity index (χ0n) is 11.6. The molecule has 1 aliphatic heterocycles. The van der Waals surface area contributed by atoms with Gasteiger partial charge in [-0.1, -0.05) is 53.0 Å². The minimum absolute atomic E-state index is 0.230. The largest absolute Gasteiger partial charge is 0.320 e. The molecule has 2 aromatic carbocycles. The maximum absolute atomic E-state index is 12.3. The summed E-state index contributed by atoms with van der Waals surface area (Å²) in [6.07, 6.45) is 1.30. The lowest BCUT2D eigenvalue weighted by atomic mass is 10.0. The molecule has 1 heterocycles. The van der Waals surface area contributed by atoms with Gasteiger partial charge >= 0.3 is 0 Å². The van der Waals surface area contributed by atoms with E-state index in [9.17, 15) is 9.59 Å². The second-order valence-electron chi connectivity index (χ2n) is 5.02. The number of amides is 1. The number of halogens is 2. The second kappa shape index (κ2) is 5.59. The molecule has 0 aliphatic carbocycles. The molecule has 5 heteroatoms. The fourth-order valence-corrected chi connectivity index (χ4v) is 2.77. The number of fused-ring (bicyclic) bond motifs is 1. The molecule has 0 unspecified atom stereocenters. The summed E-state index contributed by atoms with van der Waals surface area (Å²) in [5.41, 5.74) is 2.72. The van der Waals surface area contributed by atoms with E-state index >= 15 is 0 Å². The Labute approximate surface area is 137 Å². The van der Waals surface area contributed by atoms with E-state index in [4.69, 9.17) is 23.2 Å². The van der Waals surface area contributed by atoms with Gasteiger partial charge in [0.2, 0.25) is 0 Å². The van der Waals surface area contributed by atoms with Crippen LogP contribution >= 0.6 is 23.2 Å². The third-order valence-electron chi connectivity index (χ3n) is 3.47. The zero-order chi connectivity index (χ0) is 15.9. The first-order chi connectivity index (χ1) is 10.5. The number of ketones is 1. The van der Waals surface area contributed by atoms with Crippen molar-refractivity contribution in [3.05, 3.63) is 69.2 Å². The van der Waals surface area contributed by atoms with E-state index in [0.29, 0.717) is 26.9 Å². The van der Waals surface area contributed by atoms with Gasteiger partial charge in [-0.25, -0.2) is 0 Å². The van der Waals surface area contributed by atoms with E-state index < -0.39 is 0 Å². The van der Waals surface area contributed by atoms with Gasteiger partial charge in [-0.3, -0.25) is 9.59 Å². The van der Waals surface area contributed by atoms with Crippen LogP contribution in [-0.4, -0.2) is 11.7 Å². The molecule has 1 aliphatic rings. The van der Waals surface area contributed by atoms with Crippen LogP contribution in [0.5, 0.6) is 0 Å². The van der Waals surface area contributed by atoms with Crippen LogP contribution in [0.15, 0.2) is 42.5 Å². The van der Waals surface area contributed by atoms with Crippen molar-refractivity contribution in [2.45, 2.75) is 6.92 Å². The van der Waals surface area contributed by atoms with Crippen LogP contribution < -0.4 is 5.32 Å². The molecule has 1 amide bonds. The Morgan fingerprint density at radius 2 is 1.68 bits per heavy atom. The third kappa shape index (κ3) is 2.54. The Morgan fingerprint density at radius 3 is 2.36 bits per heavy atom. The molecule has 0 radical (unpaired) electrons. The molecule has 3 rings (SSSR count). The first kappa shape index (κ1) is 14.8. The summed E-state index contributed by atoms with van der Waals surface area (Å²) >= 11 is 12.2. The summed E-state index contributed by atoms with van der Waals surface area (Å²) in [7, 11) is 0. The molecule has 0 fully saturated rings. The fourth-order valence-electron chi connectivity index (χ4n) is 2.30. The number of rotatable bonds is 2. The Kier molecular flexibility index (Phi) is 3.77. The maximum atomic E-state index is 12.3. The van der Waals surface area contributed by atoms with E-state index in [1.807, 2.05) is 19.1 Å². The summed E-state index contributed by atoms with van der Waals surface area (Å²) in [6, 6.07) is 10.3. The van der Waals surface area contributed by atoms with Crippen LogP contribution in [0.2, 0.25) is 10.0 Å². The molecule has 110 valence electrons. The van der Waals surface area contributed by atoms with Gasteiger partial charge in [0.15, 0.2) is 5.78 Å². The lowest BCUT2D eigenvalue weighted by Crippen LogP contribution is -2.06. The summed E-state index contributed by atoms with van der Waals surface area (Å²) in [4.78, 5) is 24.4. The minimum Gasteiger partial charge on any atom is -0.320 e. The molecule has 1 N–H and O–H groups in total.